The van der Waals surface area contributed by atoms with Crippen LogP contribution in [0.5, 0.6) is 0 Å². The molecular formula is C14H27N7O6. The highest BCUT2D eigenvalue weighted by Crippen LogP contribution is 2.00. The number of nitrogens with two attached hydrogens (primary N) is 3. The summed E-state index contributed by atoms with van der Waals surface area (Å²) >= 11 is 0. The minimum absolute atomic E-state index is 0.119. The molecule has 27 heavy (non-hydrogen) atoms. The van der Waals surface area contributed by atoms with Gasteiger partial charge in [0.2, 0.25) is 17.7 Å². The van der Waals surface area contributed by atoms with Crippen molar-refractivity contribution in [2.24, 2.45) is 22.2 Å². The van der Waals surface area contributed by atoms with Gasteiger partial charge >= 0.3 is 5.97 Å². The second kappa shape index (κ2) is 12.4. The predicted molar refractivity (Wildman–Crippen MR) is 95.2 cm³/mol. The van der Waals surface area contributed by atoms with Crippen molar-refractivity contribution in [1.29, 1.82) is 0 Å². The summed E-state index contributed by atoms with van der Waals surface area (Å²) in [4.78, 5) is 50.3. The number of nitrogens with one attached hydrogen (secondary N) is 3. The number of aliphatic imine (C=N–C) groups is 1. The lowest BCUT2D eigenvalue weighted by Crippen LogP contribution is -2.57. The molecule has 0 aromatic heterocycles. The van der Waals surface area contributed by atoms with Crippen LogP contribution in [-0.4, -0.2) is 77.7 Å². The third-order valence-corrected chi connectivity index (χ3v) is 3.33. The zero-order valence-corrected chi connectivity index (χ0v) is 15.0. The summed E-state index contributed by atoms with van der Waals surface area (Å²) in [6.45, 7) is 0.322. The monoisotopic (exact) mass is 389 g/mol. The largest absolute Gasteiger partial charge is 0.480 e. The molecule has 3 amide bonds. The first-order valence-electron chi connectivity index (χ1n) is 8.11. The predicted octanol–water partition coefficient (Wildman–Crippen LogP) is -4.45. The number of hydrogen-bond donors (Lipinski definition) is 8. The molecule has 0 fully saturated rings. The number of guanidine groups is 1. The summed E-state index contributed by atoms with van der Waals surface area (Å²) in [6, 6.07) is -3.65. The lowest BCUT2D eigenvalue weighted by Gasteiger charge is -2.22. The topological polar surface area (TPSA) is 235 Å². The van der Waals surface area contributed by atoms with Gasteiger partial charge in [0.05, 0.1) is 13.2 Å². The summed E-state index contributed by atoms with van der Waals surface area (Å²) in [7, 11) is 0. The van der Waals surface area contributed by atoms with Crippen LogP contribution in [0.25, 0.3) is 0 Å². The summed E-state index contributed by atoms with van der Waals surface area (Å²) < 4.78 is 0. The maximum atomic E-state index is 12.4. The summed E-state index contributed by atoms with van der Waals surface area (Å²) in [5.41, 5.74) is 15.6. The van der Waals surface area contributed by atoms with Gasteiger partial charge < -0.3 is 43.4 Å². The SMILES string of the molecule is CC(NC(=O)C(CO)NC(=O)C(CCCN=C(N)N)NC(=O)CN)C(=O)O. The Labute approximate surface area is 155 Å². The van der Waals surface area contributed by atoms with Crippen molar-refractivity contribution in [1.82, 2.24) is 16.0 Å². The molecular weight excluding hydrogens is 362 g/mol. The molecule has 0 aromatic rings. The number of carbonyl (C=O) groups excluding carboxylic acids is 3. The third kappa shape index (κ3) is 9.96. The molecule has 13 nitrogen and oxygen atoms in total. The van der Waals surface area contributed by atoms with Gasteiger partial charge in [0.1, 0.15) is 18.1 Å². The van der Waals surface area contributed by atoms with Crippen LogP contribution in [0.15, 0.2) is 4.99 Å². The smallest absolute Gasteiger partial charge is 0.325 e. The lowest BCUT2D eigenvalue weighted by atomic mass is 10.1. The normalized spacial score (nSPS) is 13.6. The fourth-order valence-electron chi connectivity index (χ4n) is 1.87. The number of nitrogens with zero attached hydrogens (tertiary/aromatic N) is 1. The van der Waals surface area contributed by atoms with Crippen LogP contribution in [0.3, 0.4) is 0 Å². The number of carbonyl (C=O) groups is 4. The third-order valence-electron chi connectivity index (χ3n) is 3.33. The van der Waals surface area contributed by atoms with Gasteiger partial charge in [-0.05, 0) is 19.8 Å². The summed E-state index contributed by atoms with van der Waals surface area (Å²) in [6.07, 6.45) is 0.479. The van der Waals surface area contributed by atoms with Crippen molar-refractivity contribution in [3.8, 4) is 0 Å². The number of amides is 3. The van der Waals surface area contributed by atoms with Gasteiger partial charge in [0, 0.05) is 6.54 Å². The van der Waals surface area contributed by atoms with E-state index in [1.54, 1.807) is 0 Å². The van der Waals surface area contributed by atoms with E-state index in [0.717, 1.165) is 0 Å². The van der Waals surface area contributed by atoms with E-state index in [4.69, 9.17) is 22.3 Å². The number of aliphatic carboxylic acids is 1. The maximum Gasteiger partial charge on any atom is 0.325 e. The van der Waals surface area contributed by atoms with E-state index in [2.05, 4.69) is 20.9 Å². The van der Waals surface area contributed by atoms with Gasteiger partial charge in [-0.3, -0.25) is 24.2 Å². The average molecular weight is 389 g/mol. The second-order valence-corrected chi connectivity index (χ2v) is 5.59. The Bertz CT molecular complexity index is 564. The first-order valence-corrected chi connectivity index (χ1v) is 8.11. The molecule has 0 bridgehead atoms. The van der Waals surface area contributed by atoms with Crippen LogP contribution in [0.1, 0.15) is 19.8 Å². The number of aliphatic hydroxyl groups excluding tert-OH is 1. The lowest BCUT2D eigenvalue weighted by molar-refractivity contribution is -0.142. The van der Waals surface area contributed by atoms with E-state index in [0.29, 0.717) is 6.42 Å². The van der Waals surface area contributed by atoms with Gasteiger partial charge in [-0.25, -0.2) is 0 Å². The fraction of sp³-hybridized carbons (Fsp3) is 0.643. The number of rotatable bonds is 12. The zero-order valence-electron chi connectivity index (χ0n) is 15.0. The first kappa shape index (κ1) is 24.1. The molecule has 0 aromatic carbocycles. The van der Waals surface area contributed by atoms with Gasteiger partial charge in [0.25, 0.3) is 0 Å². The summed E-state index contributed by atoms with van der Waals surface area (Å²) in [5.74, 6) is -3.63. The Kier molecular flexibility index (Phi) is 11.1. The van der Waals surface area contributed by atoms with Crippen molar-refractivity contribution < 1.29 is 29.4 Å². The molecule has 0 radical (unpaired) electrons. The first-order chi connectivity index (χ1) is 12.6. The molecule has 3 unspecified atom stereocenters. The van der Waals surface area contributed by atoms with Gasteiger partial charge in [0.15, 0.2) is 5.96 Å². The van der Waals surface area contributed by atoms with Crippen molar-refractivity contribution in [2.45, 2.75) is 37.9 Å². The fourth-order valence-corrected chi connectivity index (χ4v) is 1.87. The van der Waals surface area contributed by atoms with Crippen molar-refractivity contribution in [3.05, 3.63) is 0 Å². The van der Waals surface area contributed by atoms with Crippen LogP contribution in [0.2, 0.25) is 0 Å². The minimum atomic E-state index is -1.39. The van der Waals surface area contributed by atoms with Crippen molar-refractivity contribution in [3.63, 3.8) is 0 Å². The van der Waals surface area contributed by atoms with Crippen LogP contribution >= 0.6 is 0 Å². The molecule has 0 aliphatic carbocycles. The quantitative estimate of drug-likeness (QED) is 0.0911. The van der Waals surface area contributed by atoms with Crippen LogP contribution in [0, 0.1) is 0 Å². The second-order valence-electron chi connectivity index (χ2n) is 5.59. The average Bonchev–Trinajstić information content (AvgIpc) is 2.60. The number of carboxylic acids is 1. The van der Waals surface area contributed by atoms with E-state index in [1.807, 2.05) is 0 Å². The minimum Gasteiger partial charge on any atom is -0.480 e. The summed E-state index contributed by atoms with van der Waals surface area (Å²) in [5, 5.41) is 24.9. The van der Waals surface area contributed by atoms with Gasteiger partial charge in [-0.2, -0.15) is 0 Å². The van der Waals surface area contributed by atoms with Crippen molar-refractivity contribution in [2.75, 3.05) is 19.7 Å². The number of carboxylic acid groups (broad SMARTS) is 1. The standard InChI is InChI=1S/C14H27N7O6/c1-7(13(26)27)19-12(25)9(6-22)21-11(24)8(20-10(23)5-15)3-2-4-18-14(16)17/h7-9,22H,2-6,15H2,1H3,(H,19,25)(H,20,23)(H,21,24)(H,26,27)(H4,16,17,18). The van der Waals surface area contributed by atoms with Crippen LogP contribution in [0.4, 0.5) is 0 Å². The van der Waals surface area contributed by atoms with E-state index >= 15 is 0 Å². The molecule has 0 aliphatic rings. The zero-order chi connectivity index (χ0) is 21.0. The van der Waals surface area contributed by atoms with E-state index in [9.17, 15) is 24.3 Å². The molecule has 154 valence electrons. The van der Waals surface area contributed by atoms with Crippen LogP contribution in [-0.2, 0) is 19.2 Å². The Hall–Kier alpha value is -2.93. The van der Waals surface area contributed by atoms with Gasteiger partial charge in [-0.1, -0.05) is 0 Å². The molecule has 0 aliphatic heterocycles. The van der Waals surface area contributed by atoms with Crippen molar-refractivity contribution >= 4 is 29.7 Å². The van der Waals surface area contributed by atoms with E-state index in [1.165, 1.54) is 6.92 Å². The molecule has 11 N–H and O–H groups in total. The maximum absolute atomic E-state index is 12.4. The molecule has 0 spiro atoms. The number of aliphatic hydroxyl groups is 1. The molecule has 0 saturated carbocycles. The Balaban J connectivity index is 4.94. The van der Waals surface area contributed by atoms with Crippen LogP contribution < -0.4 is 33.2 Å². The van der Waals surface area contributed by atoms with E-state index < -0.39 is 48.4 Å². The Morgan fingerprint density at radius 1 is 1.04 bits per heavy atom. The molecule has 3 atom stereocenters. The van der Waals surface area contributed by atoms with E-state index in [-0.39, 0.29) is 25.5 Å². The highest BCUT2D eigenvalue weighted by molar-refractivity contribution is 5.93. The molecule has 0 rings (SSSR count). The Morgan fingerprint density at radius 3 is 2.11 bits per heavy atom. The molecule has 13 heteroatoms. The highest BCUT2D eigenvalue weighted by Gasteiger charge is 2.27. The highest BCUT2D eigenvalue weighted by atomic mass is 16.4. The Morgan fingerprint density at radius 2 is 1.63 bits per heavy atom. The molecule has 0 saturated heterocycles. The van der Waals surface area contributed by atoms with Gasteiger partial charge in [-0.15, -0.1) is 0 Å². The number of hydrogen-bond acceptors (Lipinski definition) is 7. The molecule has 0 heterocycles.